The van der Waals surface area contributed by atoms with Crippen LogP contribution < -0.4 is 4.90 Å². The lowest BCUT2D eigenvalue weighted by atomic mass is 10.0. The molecule has 0 amide bonds. The molecule has 3 rings (SSSR count). The van der Waals surface area contributed by atoms with Crippen molar-refractivity contribution in [3.8, 4) is 0 Å². The standard InChI is InChI=1S/C14H19ClN4/c1-18(2)11-3-5-19(6-4-11)14-8-10(15)7-13-12(14)9-16-17-13/h7-9,11H,3-6H2,1-2H3,(H,16,17). The van der Waals surface area contributed by atoms with E-state index in [4.69, 9.17) is 11.6 Å². The van der Waals surface area contributed by atoms with Gasteiger partial charge in [0.05, 0.1) is 11.7 Å². The predicted octanol–water partition coefficient (Wildman–Crippen LogP) is 2.75. The van der Waals surface area contributed by atoms with Crippen LogP contribution in [-0.4, -0.2) is 48.3 Å². The average Bonchev–Trinajstić information content (AvgIpc) is 2.85. The summed E-state index contributed by atoms with van der Waals surface area (Å²) < 4.78 is 0. The Hall–Kier alpha value is -1.26. The van der Waals surface area contributed by atoms with Gasteiger partial charge in [0.2, 0.25) is 0 Å². The first-order valence-corrected chi connectivity index (χ1v) is 7.07. The maximum atomic E-state index is 6.20. The van der Waals surface area contributed by atoms with Crippen molar-refractivity contribution in [2.45, 2.75) is 18.9 Å². The van der Waals surface area contributed by atoms with Crippen LogP contribution in [0.4, 0.5) is 5.69 Å². The third kappa shape index (κ3) is 2.42. The molecule has 0 saturated carbocycles. The predicted molar refractivity (Wildman–Crippen MR) is 80.0 cm³/mol. The van der Waals surface area contributed by atoms with Crippen molar-refractivity contribution < 1.29 is 0 Å². The molecule has 1 fully saturated rings. The van der Waals surface area contributed by atoms with Gasteiger partial charge in [0.25, 0.3) is 0 Å². The Kier molecular flexibility index (Phi) is 3.37. The fourth-order valence-corrected chi connectivity index (χ4v) is 3.10. The van der Waals surface area contributed by atoms with E-state index in [1.54, 1.807) is 0 Å². The molecule has 1 aromatic carbocycles. The summed E-state index contributed by atoms with van der Waals surface area (Å²) in [7, 11) is 4.32. The van der Waals surface area contributed by atoms with E-state index in [-0.39, 0.29) is 0 Å². The third-order valence-corrected chi connectivity index (χ3v) is 4.26. The second-order valence-corrected chi connectivity index (χ2v) is 5.87. The van der Waals surface area contributed by atoms with Gasteiger partial charge in [-0.25, -0.2) is 0 Å². The first kappa shape index (κ1) is 12.8. The maximum Gasteiger partial charge on any atom is 0.0686 e. The molecule has 0 bridgehead atoms. The number of hydrogen-bond acceptors (Lipinski definition) is 3. The monoisotopic (exact) mass is 278 g/mol. The van der Waals surface area contributed by atoms with E-state index in [0.29, 0.717) is 6.04 Å². The molecular weight excluding hydrogens is 260 g/mol. The smallest absolute Gasteiger partial charge is 0.0686 e. The molecular formula is C14H19ClN4. The molecule has 5 heteroatoms. The van der Waals surface area contributed by atoms with Crippen LogP contribution in [0.2, 0.25) is 5.02 Å². The van der Waals surface area contributed by atoms with Crippen LogP contribution in [0.15, 0.2) is 18.3 Å². The number of piperidine rings is 1. The Morgan fingerprint density at radius 3 is 2.74 bits per heavy atom. The van der Waals surface area contributed by atoms with Gasteiger partial charge in [-0.05, 0) is 39.1 Å². The summed E-state index contributed by atoms with van der Waals surface area (Å²) in [6.07, 6.45) is 4.27. The summed E-state index contributed by atoms with van der Waals surface area (Å²) in [6.45, 7) is 2.15. The van der Waals surface area contributed by atoms with Crippen LogP contribution in [0.5, 0.6) is 0 Å². The number of anilines is 1. The minimum absolute atomic E-state index is 0.690. The molecule has 0 aliphatic carbocycles. The molecule has 102 valence electrons. The van der Waals surface area contributed by atoms with Gasteiger partial charge in [0.1, 0.15) is 0 Å². The second-order valence-electron chi connectivity index (χ2n) is 5.44. The molecule has 1 aliphatic rings. The first-order valence-electron chi connectivity index (χ1n) is 6.69. The molecule has 1 saturated heterocycles. The Balaban J connectivity index is 1.87. The molecule has 1 aromatic heterocycles. The van der Waals surface area contributed by atoms with E-state index >= 15 is 0 Å². The number of aromatic amines is 1. The first-order chi connectivity index (χ1) is 9.15. The highest BCUT2D eigenvalue weighted by Gasteiger charge is 2.22. The van der Waals surface area contributed by atoms with Gasteiger partial charge in [-0.1, -0.05) is 11.6 Å². The molecule has 4 nitrogen and oxygen atoms in total. The Labute approximate surface area is 118 Å². The van der Waals surface area contributed by atoms with Crippen molar-refractivity contribution in [2.24, 2.45) is 0 Å². The lowest BCUT2D eigenvalue weighted by Crippen LogP contribution is -2.42. The molecule has 1 N–H and O–H groups in total. The number of rotatable bonds is 2. The fraction of sp³-hybridized carbons (Fsp3) is 0.500. The van der Waals surface area contributed by atoms with Crippen molar-refractivity contribution >= 4 is 28.2 Å². The van der Waals surface area contributed by atoms with Gasteiger partial charge >= 0.3 is 0 Å². The number of nitrogens with one attached hydrogen (secondary N) is 1. The zero-order chi connectivity index (χ0) is 13.4. The van der Waals surface area contributed by atoms with Gasteiger partial charge in [0.15, 0.2) is 0 Å². The van der Waals surface area contributed by atoms with E-state index in [0.717, 1.165) is 29.0 Å². The number of hydrogen-bond donors (Lipinski definition) is 1. The Morgan fingerprint density at radius 1 is 1.32 bits per heavy atom. The summed E-state index contributed by atoms with van der Waals surface area (Å²) in [4.78, 5) is 4.74. The largest absolute Gasteiger partial charge is 0.371 e. The van der Waals surface area contributed by atoms with Crippen molar-refractivity contribution in [1.29, 1.82) is 0 Å². The average molecular weight is 279 g/mol. The number of aromatic nitrogens is 2. The zero-order valence-corrected chi connectivity index (χ0v) is 12.1. The summed E-state index contributed by atoms with van der Waals surface area (Å²) in [5.41, 5.74) is 2.21. The van der Waals surface area contributed by atoms with E-state index in [1.807, 2.05) is 12.3 Å². The second kappa shape index (κ2) is 5.02. The van der Waals surface area contributed by atoms with Crippen molar-refractivity contribution in [3.63, 3.8) is 0 Å². The quantitative estimate of drug-likeness (QED) is 0.917. The lowest BCUT2D eigenvalue weighted by molar-refractivity contribution is 0.250. The molecule has 19 heavy (non-hydrogen) atoms. The normalized spacial score (nSPS) is 17.6. The van der Waals surface area contributed by atoms with Crippen molar-refractivity contribution in [2.75, 3.05) is 32.1 Å². The summed E-state index contributed by atoms with van der Waals surface area (Å²) in [5.74, 6) is 0. The Morgan fingerprint density at radius 2 is 2.05 bits per heavy atom. The van der Waals surface area contributed by atoms with Gasteiger partial charge in [-0.15, -0.1) is 0 Å². The topological polar surface area (TPSA) is 35.2 Å². The summed E-state index contributed by atoms with van der Waals surface area (Å²) in [5, 5.41) is 9.05. The highest BCUT2D eigenvalue weighted by atomic mass is 35.5. The van der Waals surface area contributed by atoms with Gasteiger partial charge < -0.3 is 9.80 Å². The van der Waals surface area contributed by atoms with Crippen molar-refractivity contribution in [3.05, 3.63) is 23.4 Å². The molecule has 0 spiro atoms. The SMILES string of the molecule is CN(C)C1CCN(c2cc(Cl)cc3[nH]ncc23)CC1. The van der Waals surface area contributed by atoms with E-state index in [2.05, 4.69) is 40.2 Å². The molecule has 2 heterocycles. The molecule has 2 aromatic rings. The number of nitrogens with zero attached hydrogens (tertiary/aromatic N) is 3. The van der Waals surface area contributed by atoms with Crippen LogP contribution in [0.25, 0.3) is 10.9 Å². The van der Waals surface area contributed by atoms with Crippen LogP contribution in [0, 0.1) is 0 Å². The highest BCUT2D eigenvalue weighted by molar-refractivity contribution is 6.31. The fourth-order valence-electron chi connectivity index (χ4n) is 2.88. The summed E-state index contributed by atoms with van der Waals surface area (Å²) >= 11 is 6.20. The van der Waals surface area contributed by atoms with E-state index in [9.17, 15) is 0 Å². The lowest BCUT2D eigenvalue weighted by Gasteiger charge is -2.36. The van der Waals surface area contributed by atoms with E-state index < -0.39 is 0 Å². The summed E-state index contributed by atoms with van der Waals surface area (Å²) in [6, 6.07) is 4.67. The van der Waals surface area contributed by atoms with Gasteiger partial charge in [-0.2, -0.15) is 5.10 Å². The van der Waals surface area contributed by atoms with Crippen LogP contribution in [-0.2, 0) is 0 Å². The third-order valence-electron chi connectivity index (χ3n) is 4.04. The van der Waals surface area contributed by atoms with Crippen LogP contribution in [0.1, 0.15) is 12.8 Å². The number of halogens is 1. The van der Waals surface area contributed by atoms with Crippen LogP contribution in [0.3, 0.4) is 0 Å². The van der Waals surface area contributed by atoms with E-state index in [1.165, 1.54) is 18.5 Å². The highest BCUT2D eigenvalue weighted by Crippen LogP contribution is 2.31. The number of H-pyrrole nitrogens is 1. The van der Waals surface area contributed by atoms with Crippen molar-refractivity contribution in [1.82, 2.24) is 15.1 Å². The molecule has 0 radical (unpaired) electrons. The Bertz CT molecular complexity index is 570. The number of benzene rings is 1. The maximum absolute atomic E-state index is 6.20. The minimum Gasteiger partial charge on any atom is -0.371 e. The minimum atomic E-state index is 0.690. The van der Waals surface area contributed by atoms with Gasteiger partial charge in [-0.3, -0.25) is 5.10 Å². The zero-order valence-electron chi connectivity index (χ0n) is 11.4. The number of fused-ring (bicyclic) bond motifs is 1. The van der Waals surface area contributed by atoms with Gasteiger partial charge in [0, 0.05) is 35.2 Å². The van der Waals surface area contributed by atoms with Crippen LogP contribution >= 0.6 is 11.6 Å². The molecule has 1 aliphatic heterocycles. The molecule has 0 unspecified atom stereocenters. The molecule has 0 atom stereocenters.